The molecule has 0 aliphatic rings. The minimum absolute atomic E-state index is 0.0107. The molecule has 3 atom stereocenters. The fourth-order valence-corrected chi connectivity index (χ4v) is 4.88. The molecule has 0 saturated carbocycles. The molecule has 2 rings (SSSR count). The molecule has 16 N–H and O–H groups in total. The van der Waals surface area contributed by atoms with Gasteiger partial charge in [-0.05, 0) is 48.3 Å². The number of rotatable bonds is 21. The first-order chi connectivity index (χ1) is 24.2. The fraction of sp³-hybridized carbons (Fsp3) is 0.441. The number of aliphatic imine (C=N–C) groups is 3. The second-order valence-corrected chi connectivity index (χ2v) is 12.2. The van der Waals surface area contributed by atoms with Crippen molar-refractivity contribution in [1.82, 2.24) is 21.3 Å². The van der Waals surface area contributed by atoms with E-state index >= 15 is 0 Å². The van der Waals surface area contributed by atoms with Crippen molar-refractivity contribution in [2.24, 2.45) is 55.3 Å². The average molecular weight is 708 g/mol. The van der Waals surface area contributed by atoms with Crippen LogP contribution >= 0.6 is 0 Å². The molecule has 2 aromatic carbocycles. The summed E-state index contributed by atoms with van der Waals surface area (Å²) < 4.78 is 0. The van der Waals surface area contributed by atoms with Gasteiger partial charge in [0.05, 0.1) is 13.0 Å². The van der Waals surface area contributed by atoms with E-state index < -0.39 is 35.8 Å². The summed E-state index contributed by atoms with van der Waals surface area (Å²) in [5.41, 5.74) is 35.0. The zero-order chi connectivity index (χ0) is 37.8. The topological polar surface area (TPSA) is 310 Å². The molecule has 0 aliphatic carbocycles. The fourth-order valence-electron chi connectivity index (χ4n) is 4.88. The third-order valence-corrected chi connectivity index (χ3v) is 7.56. The molecule has 17 heteroatoms. The molecular formula is C34H53N13O4. The summed E-state index contributed by atoms with van der Waals surface area (Å²) in [6.45, 7) is 4.52. The van der Waals surface area contributed by atoms with Gasteiger partial charge in [-0.15, -0.1) is 0 Å². The second-order valence-electron chi connectivity index (χ2n) is 12.2. The van der Waals surface area contributed by atoms with Crippen LogP contribution in [0.5, 0.6) is 0 Å². The van der Waals surface area contributed by atoms with E-state index in [1.54, 1.807) is 13.8 Å². The number of benzene rings is 2. The van der Waals surface area contributed by atoms with Gasteiger partial charge >= 0.3 is 0 Å². The Bertz CT molecular complexity index is 1500. The molecule has 0 radical (unpaired) electrons. The lowest BCUT2D eigenvalue weighted by Crippen LogP contribution is -2.58. The smallest absolute Gasteiger partial charge is 0.243 e. The Morgan fingerprint density at radius 3 is 1.67 bits per heavy atom. The van der Waals surface area contributed by atoms with E-state index in [2.05, 4.69) is 36.2 Å². The minimum Gasteiger partial charge on any atom is -0.370 e. The third kappa shape index (κ3) is 16.9. The first-order valence-electron chi connectivity index (χ1n) is 16.7. The first-order valence-corrected chi connectivity index (χ1v) is 16.7. The Morgan fingerprint density at radius 2 is 1.14 bits per heavy atom. The van der Waals surface area contributed by atoms with Gasteiger partial charge in [0.2, 0.25) is 23.6 Å². The Hall–Kier alpha value is -5.87. The zero-order valence-electron chi connectivity index (χ0n) is 29.3. The number of carbonyl (C=O) groups excluding carboxylic acids is 4. The highest BCUT2D eigenvalue weighted by Gasteiger charge is 2.31. The third-order valence-electron chi connectivity index (χ3n) is 7.56. The molecule has 2 aromatic rings. The molecule has 17 nitrogen and oxygen atoms in total. The summed E-state index contributed by atoms with van der Waals surface area (Å²) in [6, 6.07) is 13.5. The Balaban J connectivity index is 2.16. The number of nitrogens with one attached hydrogen (secondary N) is 4. The number of hydrogen-bond acceptors (Lipinski definition) is 7. The lowest BCUT2D eigenvalue weighted by atomic mass is 10.0. The van der Waals surface area contributed by atoms with Gasteiger partial charge in [0, 0.05) is 19.6 Å². The van der Waals surface area contributed by atoms with Crippen molar-refractivity contribution in [3.05, 3.63) is 71.3 Å². The Labute approximate surface area is 298 Å². The van der Waals surface area contributed by atoms with E-state index in [9.17, 15) is 19.2 Å². The number of nitrogens with two attached hydrogens (primary N) is 6. The maximum atomic E-state index is 13.7. The van der Waals surface area contributed by atoms with Gasteiger partial charge in [0.15, 0.2) is 17.9 Å². The van der Waals surface area contributed by atoms with E-state index in [0.717, 1.165) is 16.7 Å². The number of hydrogen-bond donors (Lipinski definition) is 10. The molecule has 0 aliphatic heterocycles. The second kappa shape index (κ2) is 22.0. The first kappa shape index (κ1) is 41.3. The number of amides is 4. The highest BCUT2D eigenvalue weighted by Crippen LogP contribution is 2.10. The molecule has 51 heavy (non-hydrogen) atoms. The molecule has 0 spiro atoms. The molecule has 0 aromatic heterocycles. The van der Waals surface area contributed by atoms with Crippen LogP contribution in [0.1, 0.15) is 56.2 Å². The average Bonchev–Trinajstić information content (AvgIpc) is 3.08. The van der Waals surface area contributed by atoms with Gasteiger partial charge in [0.1, 0.15) is 18.1 Å². The van der Waals surface area contributed by atoms with E-state index in [-0.39, 0.29) is 68.6 Å². The standard InChI is InChI=1S/C34H53N13O4/c1-21(2)28(47-30(50)26(11-7-17-42-33(37)38)45-27(48)18-22-8-4-3-5-9-22)31(51)46-25(10-6-16-41-32(35)36)29(49)43-19-23-12-14-24(15-13-23)20-44-34(39)40/h3-5,8-9,12-15,21,25-26,28H,6-7,10-11,16-20H2,1-2H3,(H,43,49)(H,45,48)(H,46,51)(H,47,50)(H4,35,36,41)(H4,37,38,42)(H4,39,40,44)/t25-,26-,28-/m0/s1. The predicted molar refractivity (Wildman–Crippen MR) is 198 cm³/mol. The van der Waals surface area contributed by atoms with Crippen LogP contribution in [0.3, 0.4) is 0 Å². The zero-order valence-corrected chi connectivity index (χ0v) is 29.3. The number of guanidine groups is 3. The van der Waals surface area contributed by atoms with E-state index in [1.165, 1.54) is 0 Å². The summed E-state index contributed by atoms with van der Waals surface area (Å²) in [7, 11) is 0. The summed E-state index contributed by atoms with van der Waals surface area (Å²) in [6.07, 6.45) is 1.26. The maximum absolute atomic E-state index is 13.7. The molecule has 0 saturated heterocycles. The van der Waals surface area contributed by atoms with Crippen molar-refractivity contribution in [2.75, 3.05) is 13.1 Å². The van der Waals surface area contributed by atoms with Crippen LogP contribution in [0.25, 0.3) is 0 Å². The van der Waals surface area contributed by atoms with Crippen LogP contribution in [-0.2, 0) is 38.7 Å². The monoisotopic (exact) mass is 707 g/mol. The summed E-state index contributed by atoms with van der Waals surface area (Å²) in [5, 5.41) is 11.2. The van der Waals surface area contributed by atoms with Crippen molar-refractivity contribution in [3.63, 3.8) is 0 Å². The van der Waals surface area contributed by atoms with Crippen molar-refractivity contribution in [3.8, 4) is 0 Å². The highest BCUT2D eigenvalue weighted by molar-refractivity contribution is 5.94. The summed E-state index contributed by atoms with van der Waals surface area (Å²) >= 11 is 0. The largest absolute Gasteiger partial charge is 0.370 e. The van der Waals surface area contributed by atoms with Crippen molar-refractivity contribution in [1.29, 1.82) is 0 Å². The van der Waals surface area contributed by atoms with Gasteiger partial charge in [-0.3, -0.25) is 29.2 Å². The van der Waals surface area contributed by atoms with E-state index in [0.29, 0.717) is 19.4 Å². The SMILES string of the molecule is CC(C)[C@H](NC(=O)[C@H](CCCN=C(N)N)NC(=O)Cc1ccccc1)C(=O)N[C@@H](CCCN=C(N)N)C(=O)NCc1ccc(CN=C(N)N)cc1. The lowest BCUT2D eigenvalue weighted by Gasteiger charge is -2.27. The van der Waals surface area contributed by atoms with Crippen molar-refractivity contribution >= 4 is 41.5 Å². The highest BCUT2D eigenvalue weighted by atomic mass is 16.2. The van der Waals surface area contributed by atoms with Gasteiger partial charge < -0.3 is 55.7 Å². The lowest BCUT2D eigenvalue weighted by molar-refractivity contribution is -0.134. The number of carbonyl (C=O) groups is 4. The van der Waals surface area contributed by atoms with Crippen LogP contribution in [0.15, 0.2) is 69.6 Å². The van der Waals surface area contributed by atoms with E-state index in [4.69, 9.17) is 34.4 Å². The van der Waals surface area contributed by atoms with Gasteiger partial charge in [-0.1, -0.05) is 68.4 Å². The van der Waals surface area contributed by atoms with Crippen LogP contribution in [0, 0.1) is 5.92 Å². The van der Waals surface area contributed by atoms with Gasteiger partial charge in [-0.25, -0.2) is 4.99 Å². The van der Waals surface area contributed by atoms with Crippen LogP contribution in [-0.4, -0.2) is 72.7 Å². The van der Waals surface area contributed by atoms with Gasteiger partial charge in [0.25, 0.3) is 0 Å². The molecule has 0 heterocycles. The maximum Gasteiger partial charge on any atom is 0.243 e. The van der Waals surface area contributed by atoms with Crippen molar-refractivity contribution in [2.45, 2.75) is 77.2 Å². The Morgan fingerprint density at radius 1 is 0.608 bits per heavy atom. The van der Waals surface area contributed by atoms with Gasteiger partial charge in [-0.2, -0.15) is 0 Å². The molecule has 0 bridgehead atoms. The quantitative estimate of drug-likeness (QED) is 0.0408. The van der Waals surface area contributed by atoms with Crippen LogP contribution in [0.2, 0.25) is 0 Å². The summed E-state index contributed by atoms with van der Waals surface area (Å²) in [5.74, 6) is -2.50. The van der Waals surface area contributed by atoms with Crippen LogP contribution in [0.4, 0.5) is 0 Å². The molecule has 278 valence electrons. The molecule has 0 unspecified atom stereocenters. The van der Waals surface area contributed by atoms with E-state index in [1.807, 2.05) is 54.6 Å². The Kier molecular flexibility index (Phi) is 17.8. The van der Waals surface area contributed by atoms with Crippen LogP contribution < -0.4 is 55.7 Å². The molecular weight excluding hydrogens is 654 g/mol. The normalized spacial score (nSPS) is 12.4. The molecule has 4 amide bonds. The minimum atomic E-state index is -1.03. The number of nitrogens with zero attached hydrogens (tertiary/aromatic N) is 3. The predicted octanol–water partition coefficient (Wildman–Crippen LogP) is -1.46. The summed E-state index contributed by atoms with van der Waals surface area (Å²) in [4.78, 5) is 65.5. The van der Waals surface area contributed by atoms with Crippen molar-refractivity contribution < 1.29 is 19.2 Å². The molecule has 0 fully saturated rings.